The van der Waals surface area contributed by atoms with Crippen molar-refractivity contribution in [2.45, 2.75) is 12.5 Å². The molecule has 1 aromatic heterocycles. The summed E-state index contributed by atoms with van der Waals surface area (Å²) >= 11 is 0. The smallest absolute Gasteiger partial charge is 0.225 e. The number of carbonyl (C=O) groups is 1. The molecule has 1 unspecified atom stereocenters. The topological polar surface area (TPSA) is 65.4 Å². The van der Waals surface area contributed by atoms with Crippen LogP contribution < -0.4 is 14.8 Å². The van der Waals surface area contributed by atoms with Gasteiger partial charge in [-0.15, -0.1) is 0 Å². The number of aromatic nitrogens is 2. The molecule has 3 rings (SSSR count). The number of methoxy groups -OCH3 is 2. The fourth-order valence-corrected chi connectivity index (χ4v) is 2.91. The highest BCUT2D eigenvalue weighted by Gasteiger charge is 2.21. The largest absolute Gasteiger partial charge is 0.497 e. The van der Waals surface area contributed by atoms with Gasteiger partial charge >= 0.3 is 0 Å². The van der Waals surface area contributed by atoms with Crippen LogP contribution in [-0.4, -0.2) is 29.7 Å². The van der Waals surface area contributed by atoms with Crippen molar-refractivity contribution in [2.75, 3.05) is 14.2 Å². The van der Waals surface area contributed by atoms with Crippen LogP contribution in [0.4, 0.5) is 0 Å². The average Bonchev–Trinajstić information content (AvgIpc) is 3.12. The van der Waals surface area contributed by atoms with E-state index in [1.807, 2.05) is 66.3 Å². The van der Waals surface area contributed by atoms with Crippen molar-refractivity contribution in [1.82, 2.24) is 14.9 Å². The minimum Gasteiger partial charge on any atom is -0.497 e. The van der Waals surface area contributed by atoms with Crippen LogP contribution in [0.15, 0.2) is 60.9 Å². The van der Waals surface area contributed by atoms with Gasteiger partial charge in [0.15, 0.2) is 0 Å². The molecule has 0 saturated carbocycles. The highest BCUT2D eigenvalue weighted by atomic mass is 16.5. The Morgan fingerprint density at radius 1 is 1.11 bits per heavy atom. The van der Waals surface area contributed by atoms with Crippen molar-refractivity contribution in [3.63, 3.8) is 0 Å². The summed E-state index contributed by atoms with van der Waals surface area (Å²) in [5.41, 5.74) is 1.82. The quantitative estimate of drug-likeness (QED) is 0.699. The Hall–Kier alpha value is -3.28. The fraction of sp³-hybridized carbons (Fsp3) is 0.238. The van der Waals surface area contributed by atoms with Gasteiger partial charge in [-0.25, -0.2) is 4.98 Å². The molecule has 1 heterocycles. The van der Waals surface area contributed by atoms with Crippen LogP contribution in [0.2, 0.25) is 0 Å². The third-order valence-corrected chi connectivity index (χ3v) is 4.37. The molecule has 0 bridgehead atoms. The van der Waals surface area contributed by atoms with Crippen LogP contribution in [0, 0.1) is 0 Å². The normalized spacial score (nSPS) is 11.7. The number of imidazole rings is 1. The Bertz CT molecular complexity index is 903. The molecule has 2 aromatic carbocycles. The van der Waals surface area contributed by atoms with Gasteiger partial charge in [-0.1, -0.05) is 24.3 Å². The molecule has 3 aromatic rings. The number of hydrogen-bond acceptors (Lipinski definition) is 4. The van der Waals surface area contributed by atoms with Gasteiger partial charge in [-0.05, 0) is 35.4 Å². The van der Waals surface area contributed by atoms with Crippen molar-refractivity contribution < 1.29 is 14.3 Å². The van der Waals surface area contributed by atoms with Gasteiger partial charge in [-0.2, -0.15) is 0 Å². The van der Waals surface area contributed by atoms with Gasteiger partial charge in [0.2, 0.25) is 5.91 Å². The van der Waals surface area contributed by atoms with Gasteiger partial charge in [0, 0.05) is 19.4 Å². The van der Waals surface area contributed by atoms with E-state index in [0.29, 0.717) is 0 Å². The van der Waals surface area contributed by atoms with E-state index >= 15 is 0 Å². The molecule has 0 aliphatic carbocycles. The average molecular weight is 365 g/mol. The molecule has 1 N–H and O–H groups in total. The molecular weight excluding hydrogens is 342 g/mol. The van der Waals surface area contributed by atoms with Crippen LogP contribution in [-0.2, 0) is 18.3 Å². The zero-order valence-electron chi connectivity index (χ0n) is 15.7. The van der Waals surface area contributed by atoms with E-state index in [1.165, 1.54) is 0 Å². The molecular formula is C21H23N3O3. The number of hydrogen-bond donors (Lipinski definition) is 1. The molecule has 1 atom stereocenters. The molecule has 6 nitrogen and oxygen atoms in total. The summed E-state index contributed by atoms with van der Waals surface area (Å²) in [6.07, 6.45) is 3.85. The number of amides is 1. The Kier molecular flexibility index (Phi) is 5.76. The molecule has 27 heavy (non-hydrogen) atoms. The summed E-state index contributed by atoms with van der Waals surface area (Å²) in [7, 11) is 5.15. The molecule has 1 amide bonds. The third-order valence-electron chi connectivity index (χ3n) is 4.37. The van der Waals surface area contributed by atoms with Gasteiger partial charge in [-0.3, -0.25) is 4.79 Å². The maximum atomic E-state index is 12.7. The van der Waals surface area contributed by atoms with Crippen molar-refractivity contribution in [1.29, 1.82) is 0 Å². The number of rotatable bonds is 7. The molecule has 0 spiro atoms. The first-order valence-electron chi connectivity index (χ1n) is 8.64. The molecule has 6 heteroatoms. The molecule has 0 fully saturated rings. The first-order chi connectivity index (χ1) is 13.1. The van der Waals surface area contributed by atoms with E-state index in [4.69, 9.17) is 9.47 Å². The zero-order valence-corrected chi connectivity index (χ0v) is 15.7. The van der Waals surface area contributed by atoms with Gasteiger partial charge in [0.05, 0.1) is 20.6 Å². The lowest BCUT2D eigenvalue weighted by atomic mass is 10.0. The van der Waals surface area contributed by atoms with Crippen LogP contribution in [0.25, 0.3) is 0 Å². The number of ether oxygens (including phenoxy) is 2. The van der Waals surface area contributed by atoms with Crippen LogP contribution in [0.1, 0.15) is 23.0 Å². The first kappa shape index (κ1) is 18.5. The third kappa shape index (κ3) is 4.47. The maximum absolute atomic E-state index is 12.7. The standard InChI is InChI=1S/C21H23N3O3/c1-24-12-11-22-21(24)20(16-5-4-6-18(14-16)27-3)23-19(25)13-15-7-9-17(26-2)10-8-15/h4-12,14,20H,13H2,1-3H3,(H,23,25). The highest BCUT2D eigenvalue weighted by molar-refractivity contribution is 5.79. The number of nitrogens with zero attached hydrogens (tertiary/aromatic N) is 2. The maximum Gasteiger partial charge on any atom is 0.225 e. The van der Waals surface area contributed by atoms with E-state index in [2.05, 4.69) is 10.3 Å². The van der Waals surface area contributed by atoms with E-state index < -0.39 is 0 Å². The minimum atomic E-state index is -0.370. The van der Waals surface area contributed by atoms with Crippen molar-refractivity contribution in [3.05, 3.63) is 77.9 Å². The van der Waals surface area contributed by atoms with E-state index in [0.717, 1.165) is 28.5 Å². The summed E-state index contributed by atoms with van der Waals surface area (Å²) in [4.78, 5) is 17.1. The summed E-state index contributed by atoms with van der Waals surface area (Å²) in [5.74, 6) is 2.17. The van der Waals surface area contributed by atoms with Crippen LogP contribution in [0.5, 0.6) is 11.5 Å². The summed E-state index contributed by atoms with van der Waals surface area (Å²) in [6, 6.07) is 14.7. The number of nitrogens with one attached hydrogen (secondary N) is 1. The number of aryl methyl sites for hydroxylation is 1. The molecule has 0 aliphatic heterocycles. The lowest BCUT2D eigenvalue weighted by Gasteiger charge is -2.20. The fourth-order valence-electron chi connectivity index (χ4n) is 2.91. The Labute approximate surface area is 158 Å². The van der Waals surface area contributed by atoms with Crippen LogP contribution >= 0.6 is 0 Å². The van der Waals surface area contributed by atoms with Gasteiger partial charge < -0.3 is 19.4 Å². The zero-order chi connectivity index (χ0) is 19.2. The Morgan fingerprint density at radius 3 is 2.48 bits per heavy atom. The van der Waals surface area contributed by atoms with Crippen LogP contribution in [0.3, 0.4) is 0 Å². The van der Waals surface area contributed by atoms with Crippen molar-refractivity contribution in [3.8, 4) is 11.5 Å². The predicted molar refractivity (Wildman–Crippen MR) is 103 cm³/mol. The van der Waals surface area contributed by atoms with E-state index in [1.54, 1.807) is 20.4 Å². The second kappa shape index (κ2) is 8.40. The first-order valence-corrected chi connectivity index (χ1v) is 8.64. The highest BCUT2D eigenvalue weighted by Crippen LogP contribution is 2.24. The Morgan fingerprint density at radius 2 is 1.85 bits per heavy atom. The SMILES string of the molecule is COc1ccc(CC(=O)NC(c2cccc(OC)c2)c2nccn2C)cc1. The molecule has 0 radical (unpaired) electrons. The van der Waals surface area contributed by atoms with Gasteiger partial charge in [0.1, 0.15) is 23.4 Å². The molecule has 0 saturated heterocycles. The van der Waals surface area contributed by atoms with E-state index in [-0.39, 0.29) is 18.4 Å². The second-order valence-corrected chi connectivity index (χ2v) is 6.20. The minimum absolute atomic E-state index is 0.0870. The van der Waals surface area contributed by atoms with Gasteiger partial charge in [0.25, 0.3) is 0 Å². The predicted octanol–water partition coefficient (Wildman–Crippen LogP) is 2.89. The summed E-state index contributed by atoms with van der Waals surface area (Å²) < 4.78 is 12.4. The lowest BCUT2D eigenvalue weighted by molar-refractivity contribution is -0.121. The van der Waals surface area contributed by atoms with Crippen molar-refractivity contribution >= 4 is 5.91 Å². The second-order valence-electron chi connectivity index (χ2n) is 6.20. The molecule has 0 aliphatic rings. The van der Waals surface area contributed by atoms with Crippen molar-refractivity contribution in [2.24, 2.45) is 7.05 Å². The monoisotopic (exact) mass is 365 g/mol. The Balaban J connectivity index is 1.82. The van der Waals surface area contributed by atoms with E-state index in [9.17, 15) is 4.79 Å². The summed E-state index contributed by atoms with van der Waals surface area (Å²) in [6.45, 7) is 0. The summed E-state index contributed by atoms with van der Waals surface area (Å²) in [5, 5.41) is 3.10. The lowest BCUT2D eigenvalue weighted by Crippen LogP contribution is -2.32. The molecule has 140 valence electrons. The number of benzene rings is 2. The number of carbonyl (C=O) groups excluding carboxylic acids is 1.